The lowest BCUT2D eigenvalue weighted by atomic mass is 10.1. The van der Waals surface area contributed by atoms with Crippen LogP contribution >= 0.6 is 11.3 Å². The fraction of sp³-hybridized carbons (Fsp3) is 0.267. The monoisotopic (exact) mass is 518 g/mol. The fourth-order valence-corrected chi connectivity index (χ4v) is 4.74. The van der Waals surface area contributed by atoms with Crippen LogP contribution in [-0.4, -0.2) is 55.5 Å². The molecule has 0 aliphatic carbocycles. The second-order valence-electron chi connectivity index (χ2n) is 8.53. The van der Waals surface area contributed by atoms with Gasteiger partial charge in [0.1, 0.15) is 6.54 Å². The van der Waals surface area contributed by atoms with Gasteiger partial charge in [0.25, 0.3) is 0 Å². The molecule has 0 N–H and O–H groups in total. The molecule has 0 atom stereocenters. The highest BCUT2D eigenvalue weighted by Crippen LogP contribution is 2.28. The van der Waals surface area contributed by atoms with Gasteiger partial charge in [0.05, 0.1) is 20.8 Å². The molecular weight excluding hydrogens is 484 g/mol. The van der Waals surface area contributed by atoms with E-state index in [0.717, 1.165) is 21.6 Å². The van der Waals surface area contributed by atoms with Crippen LogP contribution in [0.15, 0.2) is 78.7 Å². The summed E-state index contributed by atoms with van der Waals surface area (Å²) >= 11 is 1.63. The SMILES string of the molecule is C=CCN(CC(=O)N(CCc1ccc(OC)c(OC)c1)Cc1sccc1C)C(=O)/C=C/c1ccccc1. The van der Waals surface area contributed by atoms with E-state index in [4.69, 9.17) is 9.47 Å². The second-order valence-corrected chi connectivity index (χ2v) is 9.53. The Morgan fingerprint density at radius 3 is 2.41 bits per heavy atom. The molecule has 0 saturated carbocycles. The van der Waals surface area contributed by atoms with Gasteiger partial charge < -0.3 is 19.3 Å². The van der Waals surface area contributed by atoms with E-state index in [-0.39, 0.29) is 24.9 Å². The minimum atomic E-state index is -0.232. The molecule has 2 amide bonds. The number of methoxy groups -OCH3 is 2. The van der Waals surface area contributed by atoms with Crippen LogP contribution in [0.5, 0.6) is 11.5 Å². The zero-order valence-electron chi connectivity index (χ0n) is 21.7. The number of amides is 2. The summed E-state index contributed by atoms with van der Waals surface area (Å²) in [6.45, 7) is 7.06. The highest BCUT2D eigenvalue weighted by molar-refractivity contribution is 7.10. The van der Waals surface area contributed by atoms with Crippen molar-refractivity contribution < 1.29 is 19.1 Å². The van der Waals surface area contributed by atoms with Crippen molar-refractivity contribution in [3.8, 4) is 11.5 Å². The van der Waals surface area contributed by atoms with Gasteiger partial charge in [-0.05, 0) is 59.7 Å². The summed E-state index contributed by atoms with van der Waals surface area (Å²) in [5.74, 6) is 0.969. The zero-order valence-corrected chi connectivity index (χ0v) is 22.5. The number of benzene rings is 2. The van der Waals surface area contributed by atoms with Crippen molar-refractivity contribution in [3.05, 3.63) is 100 Å². The number of nitrogens with zero attached hydrogens (tertiary/aromatic N) is 2. The second kappa shape index (κ2) is 14.0. The molecule has 3 aromatic rings. The third kappa shape index (κ3) is 8.08. The van der Waals surface area contributed by atoms with Gasteiger partial charge in [0.2, 0.25) is 11.8 Å². The first kappa shape index (κ1) is 27.7. The fourth-order valence-electron chi connectivity index (χ4n) is 3.82. The van der Waals surface area contributed by atoms with Crippen LogP contribution in [0.3, 0.4) is 0 Å². The van der Waals surface area contributed by atoms with E-state index < -0.39 is 0 Å². The maximum Gasteiger partial charge on any atom is 0.247 e. The summed E-state index contributed by atoms with van der Waals surface area (Å²) in [5.41, 5.74) is 3.10. The lowest BCUT2D eigenvalue weighted by Gasteiger charge is -2.27. The minimum absolute atomic E-state index is 0.0274. The molecule has 0 aliphatic rings. The highest BCUT2D eigenvalue weighted by atomic mass is 32.1. The topological polar surface area (TPSA) is 59.1 Å². The maximum absolute atomic E-state index is 13.5. The third-order valence-corrected chi connectivity index (χ3v) is 6.99. The van der Waals surface area contributed by atoms with E-state index >= 15 is 0 Å². The molecule has 0 saturated heterocycles. The number of thiophene rings is 1. The summed E-state index contributed by atoms with van der Waals surface area (Å²) in [4.78, 5) is 30.9. The highest BCUT2D eigenvalue weighted by Gasteiger charge is 2.21. The largest absolute Gasteiger partial charge is 0.493 e. The van der Waals surface area contributed by atoms with Crippen LogP contribution in [0.4, 0.5) is 0 Å². The Morgan fingerprint density at radius 1 is 1.00 bits per heavy atom. The van der Waals surface area contributed by atoms with Crippen LogP contribution < -0.4 is 9.47 Å². The van der Waals surface area contributed by atoms with Gasteiger partial charge in [-0.25, -0.2) is 0 Å². The Bertz CT molecular complexity index is 1220. The maximum atomic E-state index is 13.5. The number of carbonyl (C=O) groups excluding carboxylic acids is 2. The predicted molar refractivity (Wildman–Crippen MR) is 150 cm³/mol. The van der Waals surface area contributed by atoms with Crippen LogP contribution in [0.1, 0.15) is 21.6 Å². The molecule has 0 bridgehead atoms. The molecule has 0 radical (unpaired) electrons. The summed E-state index contributed by atoms with van der Waals surface area (Å²) in [7, 11) is 3.21. The Hall–Kier alpha value is -3.84. The number of rotatable bonds is 13. The van der Waals surface area contributed by atoms with Gasteiger partial charge in [0, 0.05) is 24.0 Å². The van der Waals surface area contributed by atoms with E-state index in [1.807, 2.05) is 65.7 Å². The van der Waals surface area contributed by atoms with Crippen molar-refractivity contribution in [3.63, 3.8) is 0 Å². The Morgan fingerprint density at radius 2 is 1.76 bits per heavy atom. The van der Waals surface area contributed by atoms with E-state index in [1.165, 1.54) is 11.0 Å². The normalized spacial score (nSPS) is 10.8. The van der Waals surface area contributed by atoms with E-state index in [0.29, 0.717) is 31.0 Å². The Balaban J connectivity index is 1.75. The molecule has 0 fully saturated rings. The summed E-state index contributed by atoms with van der Waals surface area (Å²) < 4.78 is 10.8. The molecule has 1 heterocycles. The number of aryl methyl sites for hydroxylation is 1. The first-order valence-corrected chi connectivity index (χ1v) is 13.0. The Labute approximate surface area is 223 Å². The average Bonchev–Trinajstić information content (AvgIpc) is 3.33. The molecule has 1 aromatic heterocycles. The van der Waals surface area contributed by atoms with Crippen LogP contribution in [0, 0.1) is 6.92 Å². The molecule has 0 spiro atoms. The minimum Gasteiger partial charge on any atom is -0.493 e. The molecular formula is C30H34N2O4S. The summed E-state index contributed by atoms with van der Waals surface area (Å²) in [5, 5.41) is 2.03. The molecule has 7 heteroatoms. The standard InChI is InChI=1S/C30H34N2O4S/c1-5-17-31(29(33)14-12-24-9-7-6-8-10-24)22-30(34)32(21-28-23(2)16-19-37-28)18-15-25-11-13-26(35-3)27(20-25)36-4/h5-14,16,19-20H,1,15,17-18,21-22H2,2-4H3/b14-12+. The van der Waals surface area contributed by atoms with Gasteiger partial charge in [-0.3, -0.25) is 9.59 Å². The van der Waals surface area contributed by atoms with Gasteiger partial charge >= 0.3 is 0 Å². The van der Waals surface area contributed by atoms with E-state index in [2.05, 4.69) is 12.6 Å². The number of hydrogen-bond donors (Lipinski definition) is 0. The van der Waals surface area contributed by atoms with Gasteiger partial charge in [-0.2, -0.15) is 0 Å². The summed E-state index contributed by atoms with van der Waals surface area (Å²) in [6.07, 6.45) is 5.54. The lowest BCUT2D eigenvalue weighted by Crippen LogP contribution is -2.43. The van der Waals surface area contributed by atoms with Crippen molar-refractivity contribution >= 4 is 29.2 Å². The van der Waals surface area contributed by atoms with Crippen molar-refractivity contribution in [1.29, 1.82) is 0 Å². The van der Waals surface area contributed by atoms with Gasteiger partial charge in [-0.15, -0.1) is 17.9 Å². The first-order chi connectivity index (χ1) is 17.9. The molecule has 2 aromatic carbocycles. The molecule has 3 rings (SSSR count). The third-order valence-electron chi connectivity index (χ3n) is 5.98. The molecule has 0 unspecified atom stereocenters. The average molecular weight is 519 g/mol. The number of ether oxygens (including phenoxy) is 2. The number of hydrogen-bond acceptors (Lipinski definition) is 5. The quantitative estimate of drug-likeness (QED) is 0.225. The first-order valence-electron chi connectivity index (χ1n) is 12.1. The zero-order chi connectivity index (χ0) is 26.6. The lowest BCUT2D eigenvalue weighted by molar-refractivity contribution is -0.138. The molecule has 37 heavy (non-hydrogen) atoms. The van der Waals surface area contributed by atoms with Crippen molar-refractivity contribution in [1.82, 2.24) is 9.80 Å². The van der Waals surface area contributed by atoms with Crippen molar-refractivity contribution in [2.45, 2.75) is 19.9 Å². The van der Waals surface area contributed by atoms with E-state index in [1.54, 1.807) is 37.7 Å². The smallest absolute Gasteiger partial charge is 0.247 e. The van der Waals surface area contributed by atoms with Crippen molar-refractivity contribution in [2.75, 3.05) is 33.9 Å². The molecule has 0 aliphatic heterocycles. The Kier molecular flexibility index (Phi) is 10.5. The van der Waals surface area contributed by atoms with Gasteiger partial charge in [0.15, 0.2) is 11.5 Å². The molecule has 194 valence electrons. The van der Waals surface area contributed by atoms with Crippen LogP contribution in [0.2, 0.25) is 0 Å². The van der Waals surface area contributed by atoms with Crippen LogP contribution in [0.25, 0.3) is 6.08 Å². The summed E-state index contributed by atoms with van der Waals surface area (Å²) in [6, 6.07) is 17.4. The predicted octanol–water partition coefficient (Wildman–Crippen LogP) is 5.37. The van der Waals surface area contributed by atoms with Crippen LogP contribution in [-0.2, 0) is 22.6 Å². The van der Waals surface area contributed by atoms with Gasteiger partial charge in [-0.1, -0.05) is 42.5 Å². The van der Waals surface area contributed by atoms with Crippen molar-refractivity contribution in [2.24, 2.45) is 0 Å². The molecule has 6 nitrogen and oxygen atoms in total. The number of carbonyl (C=O) groups is 2. The van der Waals surface area contributed by atoms with E-state index in [9.17, 15) is 9.59 Å².